The number of hydrogen-bond donors (Lipinski definition) is 0. The molecular weight excluding hydrogens is 350 g/mol. The number of nitrogens with zero attached hydrogens (tertiary/aromatic N) is 1. The Morgan fingerprint density at radius 1 is 0.724 bits per heavy atom. The second kappa shape index (κ2) is 8.14. The zero-order chi connectivity index (χ0) is 19.6. The topological polar surface area (TPSA) is 12.9 Å². The van der Waals surface area contributed by atoms with Crippen LogP contribution in [0.25, 0.3) is 22.4 Å². The standard InChI is InChI=1S/C28H31N/c1-20-6-2-5-9-27(20)28-17-16-26(19-29-28)23-12-10-22(11-13-23)25-15-14-21-7-3-4-8-24(21)18-25/h2,5-6,9-13,16-17,19,21,24-25H,3-4,7-8,14-15,18H2,1H3. The van der Waals surface area contributed by atoms with Crippen LogP contribution in [0.3, 0.4) is 0 Å². The lowest BCUT2D eigenvalue weighted by Crippen LogP contribution is -2.26. The van der Waals surface area contributed by atoms with Crippen LogP contribution in [0.15, 0.2) is 66.9 Å². The number of benzene rings is 2. The van der Waals surface area contributed by atoms with E-state index in [-0.39, 0.29) is 0 Å². The molecule has 1 heteroatoms. The van der Waals surface area contributed by atoms with Gasteiger partial charge in [0.1, 0.15) is 0 Å². The highest BCUT2D eigenvalue weighted by Gasteiger charge is 2.32. The van der Waals surface area contributed by atoms with Gasteiger partial charge in [0.25, 0.3) is 0 Å². The molecule has 3 atom stereocenters. The summed E-state index contributed by atoms with van der Waals surface area (Å²) in [5, 5.41) is 0. The lowest BCUT2D eigenvalue weighted by atomic mass is 9.66. The molecule has 0 bridgehead atoms. The number of rotatable bonds is 3. The second-order valence-corrected chi connectivity index (χ2v) is 9.18. The molecule has 0 spiro atoms. The molecule has 0 N–H and O–H groups in total. The summed E-state index contributed by atoms with van der Waals surface area (Å²) in [5.41, 5.74) is 7.54. The molecule has 3 unspecified atom stereocenters. The highest BCUT2D eigenvalue weighted by atomic mass is 14.7. The van der Waals surface area contributed by atoms with Crippen LogP contribution in [0, 0.1) is 18.8 Å². The molecule has 1 nitrogen and oxygen atoms in total. The predicted octanol–water partition coefficient (Wildman–Crippen LogP) is 7.80. The van der Waals surface area contributed by atoms with Crippen LogP contribution in [-0.4, -0.2) is 4.98 Å². The zero-order valence-electron chi connectivity index (χ0n) is 17.5. The number of aromatic nitrogens is 1. The molecule has 1 heterocycles. The Morgan fingerprint density at radius 3 is 2.24 bits per heavy atom. The van der Waals surface area contributed by atoms with Gasteiger partial charge in [-0.25, -0.2) is 0 Å². The van der Waals surface area contributed by atoms with Crippen molar-refractivity contribution in [1.82, 2.24) is 4.98 Å². The molecular formula is C28H31N. The van der Waals surface area contributed by atoms with E-state index >= 15 is 0 Å². The fourth-order valence-corrected chi connectivity index (χ4v) is 5.71. The molecule has 1 aromatic heterocycles. The van der Waals surface area contributed by atoms with E-state index in [0.29, 0.717) is 0 Å². The van der Waals surface area contributed by atoms with E-state index in [1.807, 2.05) is 6.20 Å². The van der Waals surface area contributed by atoms with Gasteiger partial charge in [0.05, 0.1) is 5.69 Å². The third kappa shape index (κ3) is 3.88. The highest BCUT2D eigenvalue weighted by molar-refractivity contribution is 5.68. The van der Waals surface area contributed by atoms with E-state index in [9.17, 15) is 0 Å². The quantitative estimate of drug-likeness (QED) is 0.451. The van der Waals surface area contributed by atoms with Crippen LogP contribution in [0.5, 0.6) is 0 Å². The Labute approximate surface area is 175 Å². The predicted molar refractivity (Wildman–Crippen MR) is 122 cm³/mol. The van der Waals surface area contributed by atoms with Crippen molar-refractivity contribution in [3.8, 4) is 22.4 Å². The summed E-state index contributed by atoms with van der Waals surface area (Å²) in [5.74, 6) is 2.78. The molecule has 0 aliphatic heterocycles. The highest BCUT2D eigenvalue weighted by Crippen LogP contribution is 2.46. The SMILES string of the molecule is Cc1ccccc1-c1ccc(-c2ccc(C3CCC4CCCCC4C3)cc2)cn1. The Kier molecular flexibility index (Phi) is 5.23. The van der Waals surface area contributed by atoms with Crippen molar-refractivity contribution in [2.45, 2.75) is 57.8 Å². The van der Waals surface area contributed by atoms with Gasteiger partial charge in [-0.15, -0.1) is 0 Å². The largest absolute Gasteiger partial charge is 0.256 e. The monoisotopic (exact) mass is 381 g/mol. The molecule has 0 saturated heterocycles. The smallest absolute Gasteiger partial charge is 0.0705 e. The molecule has 2 fully saturated rings. The van der Waals surface area contributed by atoms with Crippen molar-refractivity contribution >= 4 is 0 Å². The molecule has 5 rings (SSSR count). The van der Waals surface area contributed by atoms with Gasteiger partial charge in [0.2, 0.25) is 0 Å². The van der Waals surface area contributed by atoms with E-state index in [2.05, 4.69) is 67.6 Å². The van der Waals surface area contributed by atoms with Crippen molar-refractivity contribution in [1.29, 1.82) is 0 Å². The van der Waals surface area contributed by atoms with Crippen molar-refractivity contribution in [2.75, 3.05) is 0 Å². The number of hydrogen-bond acceptors (Lipinski definition) is 1. The van der Waals surface area contributed by atoms with Crippen LogP contribution in [0.1, 0.15) is 62.0 Å². The van der Waals surface area contributed by atoms with E-state index in [1.165, 1.54) is 67.2 Å². The molecule has 148 valence electrons. The average molecular weight is 382 g/mol. The van der Waals surface area contributed by atoms with Crippen LogP contribution >= 0.6 is 0 Å². The summed E-state index contributed by atoms with van der Waals surface area (Å²) in [7, 11) is 0. The lowest BCUT2D eigenvalue weighted by Gasteiger charge is -2.39. The van der Waals surface area contributed by atoms with Gasteiger partial charge in [-0.1, -0.05) is 80.3 Å². The zero-order valence-corrected chi connectivity index (χ0v) is 17.5. The maximum absolute atomic E-state index is 4.74. The fraction of sp³-hybridized carbons (Fsp3) is 0.393. The molecule has 0 amide bonds. The molecule has 3 aromatic rings. The first kappa shape index (κ1) is 18.6. The lowest BCUT2D eigenvalue weighted by molar-refractivity contribution is 0.155. The molecule has 2 aromatic carbocycles. The van der Waals surface area contributed by atoms with Gasteiger partial charge in [0, 0.05) is 17.3 Å². The van der Waals surface area contributed by atoms with Gasteiger partial charge >= 0.3 is 0 Å². The van der Waals surface area contributed by atoms with Crippen LogP contribution < -0.4 is 0 Å². The second-order valence-electron chi connectivity index (χ2n) is 9.18. The maximum atomic E-state index is 4.74. The number of fused-ring (bicyclic) bond motifs is 1. The Balaban J connectivity index is 1.31. The first-order valence-electron chi connectivity index (χ1n) is 11.4. The Bertz CT molecular complexity index is 954. The van der Waals surface area contributed by atoms with Crippen LogP contribution in [-0.2, 0) is 0 Å². The number of aryl methyl sites for hydroxylation is 1. The van der Waals surface area contributed by atoms with Gasteiger partial charge in [-0.2, -0.15) is 0 Å². The summed E-state index contributed by atoms with van der Waals surface area (Å²) in [6.45, 7) is 2.14. The number of pyridine rings is 1. The summed E-state index contributed by atoms with van der Waals surface area (Å²) < 4.78 is 0. The van der Waals surface area contributed by atoms with E-state index in [0.717, 1.165) is 23.4 Å². The first-order chi connectivity index (χ1) is 14.3. The molecule has 0 radical (unpaired) electrons. The Morgan fingerprint density at radius 2 is 1.48 bits per heavy atom. The van der Waals surface area contributed by atoms with Crippen LogP contribution in [0.2, 0.25) is 0 Å². The third-order valence-electron chi connectivity index (χ3n) is 7.44. The minimum absolute atomic E-state index is 0.768. The fourth-order valence-electron chi connectivity index (χ4n) is 5.71. The van der Waals surface area contributed by atoms with Crippen molar-refractivity contribution < 1.29 is 0 Å². The van der Waals surface area contributed by atoms with E-state index in [4.69, 9.17) is 4.98 Å². The first-order valence-corrected chi connectivity index (χ1v) is 11.4. The van der Waals surface area contributed by atoms with Crippen molar-refractivity contribution in [3.05, 3.63) is 78.0 Å². The average Bonchev–Trinajstić information content (AvgIpc) is 2.79. The van der Waals surface area contributed by atoms with Gasteiger partial charge < -0.3 is 0 Å². The van der Waals surface area contributed by atoms with Gasteiger partial charge in [0.15, 0.2) is 0 Å². The van der Waals surface area contributed by atoms with E-state index in [1.54, 1.807) is 5.56 Å². The Hall–Kier alpha value is -2.41. The summed E-state index contributed by atoms with van der Waals surface area (Å²) in [6.07, 6.45) is 12.1. The van der Waals surface area contributed by atoms with Crippen molar-refractivity contribution in [2.24, 2.45) is 11.8 Å². The molecule has 2 aliphatic carbocycles. The van der Waals surface area contributed by atoms with Crippen molar-refractivity contribution in [3.63, 3.8) is 0 Å². The third-order valence-corrected chi connectivity index (χ3v) is 7.44. The molecule has 2 saturated carbocycles. The van der Waals surface area contributed by atoms with Gasteiger partial charge in [-0.3, -0.25) is 4.98 Å². The van der Waals surface area contributed by atoms with Crippen LogP contribution in [0.4, 0.5) is 0 Å². The van der Waals surface area contributed by atoms with E-state index < -0.39 is 0 Å². The normalized spacial score (nSPS) is 24.1. The molecule has 29 heavy (non-hydrogen) atoms. The minimum atomic E-state index is 0.768. The molecule has 2 aliphatic rings. The van der Waals surface area contributed by atoms with Gasteiger partial charge in [-0.05, 0) is 66.7 Å². The minimum Gasteiger partial charge on any atom is -0.256 e. The summed E-state index contributed by atoms with van der Waals surface area (Å²) in [6, 6.07) is 22.1. The maximum Gasteiger partial charge on any atom is 0.0705 e. The summed E-state index contributed by atoms with van der Waals surface area (Å²) >= 11 is 0. The summed E-state index contributed by atoms with van der Waals surface area (Å²) in [4.78, 5) is 4.74.